The van der Waals surface area contributed by atoms with E-state index in [1.807, 2.05) is 0 Å². The molecule has 7 nitrogen and oxygen atoms in total. The standard InChI is InChI=1S/C15H13NO6S/c1-10(17)11-3-8-15(14(9-11)16(18)19)22-12-4-6-13(7-5-12)23(2,20)21/h3-9H,1-2H3. The Morgan fingerprint density at radius 2 is 1.74 bits per heavy atom. The molecule has 0 aliphatic heterocycles. The molecule has 0 fully saturated rings. The second kappa shape index (κ2) is 6.17. The second-order valence-electron chi connectivity index (χ2n) is 4.84. The van der Waals surface area contributed by atoms with E-state index < -0.39 is 14.8 Å². The van der Waals surface area contributed by atoms with Gasteiger partial charge in [0.1, 0.15) is 5.75 Å². The zero-order valence-electron chi connectivity index (χ0n) is 12.3. The maximum Gasteiger partial charge on any atom is 0.312 e. The molecule has 0 saturated carbocycles. The number of ketones is 1. The molecule has 0 unspecified atom stereocenters. The van der Waals surface area contributed by atoms with Crippen LogP contribution in [-0.2, 0) is 9.84 Å². The lowest BCUT2D eigenvalue weighted by Crippen LogP contribution is -1.99. The topological polar surface area (TPSA) is 104 Å². The maximum absolute atomic E-state index is 11.4. The maximum atomic E-state index is 11.4. The number of rotatable bonds is 5. The number of nitro benzene ring substituents is 1. The Hall–Kier alpha value is -2.74. The van der Waals surface area contributed by atoms with E-state index in [0.29, 0.717) is 0 Å². The van der Waals surface area contributed by atoms with E-state index in [-0.39, 0.29) is 33.4 Å². The Morgan fingerprint density at radius 3 is 2.22 bits per heavy atom. The predicted octanol–water partition coefficient (Wildman–Crippen LogP) is 2.99. The summed E-state index contributed by atoms with van der Waals surface area (Å²) in [5, 5.41) is 11.1. The van der Waals surface area contributed by atoms with Crippen LogP contribution in [0.15, 0.2) is 47.4 Å². The number of nitrogens with zero attached hydrogens (tertiary/aromatic N) is 1. The molecule has 8 heteroatoms. The molecule has 0 atom stereocenters. The summed E-state index contributed by atoms with van der Waals surface area (Å²) in [6.45, 7) is 1.31. The second-order valence-corrected chi connectivity index (χ2v) is 6.86. The lowest BCUT2D eigenvalue weighted by Gasteiger charge is -2.08. The van der Waals surface area contributed by atoms with Gasteiger partial charge in [0.15, 0.2) is 15.6 Å². The summed E-state index contributed by atoms with van der Waals surface area (Å²) in [6, 6.07) is 9.40. The first-order valence-electron chi connectivity index (χ1n) is 6.46. The van der Waals surface area contributed by atoms with E-state index in [4.69, 9.17) is 4.74 Å². The summed E-state index contributed by atoms with van der Waals surface area (Å²) in [7, 11) is -3.33. The minimum atomic E-state index is -3.33. The largest absolute Gasteiger partial charge is 0.450 e. The number of hydrogen-bond acceptors (Lipinski definition) is 6. The lowest BCUT2D eigenvalue weighted by atomic mass is 10.1. The van der Waals surface area contributed by atoms with Gasteiger partial charge in [-0.05, 0) is 43.3 Å². The Labute approximate surface area is 132 Å². The van der Waals surface area contributed by atoms with Crippen molar-refractivity contribution in [2.24, 2.45) is 0 Å². The fourth-order valence-corrected chi connectivity index (χ4v) is 2.48. The van der Waals surface area contributed by atoms with E-state index in [0.717, 1.165) is 12.3 Å². The molecule has 2 aromatic carbocycles. The molecule has 23 heavy (non-hydrogen) atoms. The third-order valence-electron chi connectivity index (χ3n) is 3.04. The fourth-order valence-electron chi connectivity index (χ4n) is 1.85. The van der Waals surface area contributed by atoms with Crippen LogP contribution < -0.4 is 4.74 Å². The van der Waals surface area contributed by atoms with Crippen LogP contribution in [0.1, 0.15) is 17.3 Å². The average molecular weight is 335 g/mol. The molecule has 2 aromatic rings. The molecule has 0 amide bonds. The molecule has 0 bridgehead atoms. The summed E-state index contributed by atoms with van der Waals surface area (Å²) < 4.78 is 28.2. The minimum Gasteiger partial charge on any atom is -0.450 e. The lowest BCUT2D eigenvalue weighted by molar-refractivity contribution is -0.385. The van der Waals surface area contributed by atoms with Crippen LogP contribution in [0.3, 0.4) is 0 Å². The number of carbonyl (C=O) groups excluding carboxylic acids is 1. The van der Waals surface area contributed by atoms with Gasteiger partial charge in [0.25, 0.3) is 0 Å². The summed E-state index contributed by atoms with van der Waals surface area (Å²) >= 11 is 0. The van der Waals surface area contributed by atoms with Gasteiger partial charge in [-0.2, -0.15) is 0 Å². The summed E-state index contributed by atoms with van der Waals surface area (Å²) in [5.74, 6) is -0.0830. The summed E-state index contributed by atoms with van der Waals surface area (Å²) in [5.41, 5.74) is -0.138. The number of carbonyl (C=O) groups is 1. The number of ether oxygens (including phenoxy) is 1. The van der Waals surface area contributed by atoms with Crippen molar-refractivity contribution in [2.45, 2.75) is 11.8 Å². The van der Waals surface area contributed by atoms with E-state index in [1.54, 1.807) is 0 Å². The molecule has 120 valence electrons. The normalized spacial score (nSPS) is 11.0. The molecule has 0 aliphatic carbocycles. The van der Waals surface area contributed by atoms with Crippen LogP contribution in [0.5, 0.6) is 11.5 Å². The highest BCUT2D eigenvalue weighted by atomic mass is 32.2. The molecule has 0 radical (unpaired) electrons. The molecule has 0 saturated heterocycles. The number of hydrogen-bond donors (Lipinski definition) is 0. The highest BCUT2D eigenvalue weighted by Crippen LogP contribution is 2.32. The smallest absolute Gasteiger partial charge is 0.312 e. The third kappa shape index (κ3) is 3.92. The van der Waals surface area contributed by atoms with Gasteiger partial charge in [-0.3, -0.25) is 14.9 Å². The van der Waals surface area contributed by atoms with Gasteiger partial charge in [0, 0.05) is 17.9 Å². The molecule has 0 aliphatic rings. The Morgan fingerprint density at radius 1 is 1.13 bits per heavy atom. The average Bonchev–Trinajstić information content (AvgIpc) is 2.46. The third-order valence-corrected chi connectivity index (χ3v) is 4.17. The molecule has 0 heterocycles. The van der Waals surface area contributed by atoms with Gasteiger partial charge < -0.3 is 4.74 Å². The van der Waals surface area contributed by atoms with Gasteiger partial charge in [-0.15, -0.1) is 0 Å². The van der Waals surface area contributed by atoms with Crippen molar-refractivity contribution in [2.75, 3.05) is 6.26 Å². The van der Waals surface area contributed by atoms with Gasteiger partial charge in [0.05, 0.1) is 9.82 Å². The quantitative estimate of drug-likeness (QED) is 0.472. The van der Waals surface area contributed by atoms with Crippen LogP contribution >= 0.6 is 0 Å². The summed E-state index contributed by atoms with van der Waals surface area (Å²) in [6.07, 6.45) is 1.08. The summed E-state index contributed by atoms with van der Waals surface area (Å²) in [4.78, 5) is 21.9. The molecule has 2 rings (SSSR count). The SMILES string of the molecule is CC(=O)c1ccc(Oc2ccc(S(C)(=O)=O)cc2)c([N+](=O)[O-])c1. The van der Waals surface area contributed by atoms with Crippen molar-refractivity contribution in [1.82, 2.24) is 0 Å². The van der Waals surface area contributed by atoms with Crippen molar-refractivity contribution in [3.8, 4) is 11.5 Å². The highest BCUT2D eigenvalue weighted by molar-refractivity contribution is 7.90. The first kappa shape index (κ1) is 16.6. The van der Waals surface area contributed by atoms with Crippen molar-refractivity contribution in [3.63, 3.8) is 0 Å². The van der Waals surface area contributed by atoms with E-state index in [1.165, 1.54) is 43.3 Å². The van der Waals surface area contributed by atoms with Crippen LogP contribution in [-0.4, -0.2) is 25.4 Å². The number of sulfone groups is 1. The van der Waals surface area contributed by atoms with Crippen LogP contribution in [0.25, 0.3) is 0 Å². The van der Waals surface area contributed by atoms with Crippen molar-refractivity contribution in [3.05, 3.63) is 58.1 Å². The van der Waals surface area contributed by atoms with Crippen molar-refractivity contribution in [1.29, 1.82) is 0 Å². The molecular weight excluding hydrogens is 322 g/mol. The Bertz CT molecular complexity index is 871. The molecule has 0 spiro atoms. The van der Waals surface area contributed by atoms with E-state index in [2.05, 4.69) is 0 Å². The van der Waals surface area contributed by atoms with E-state index >= 15 is 0 Å². The highest BCUT2D eigenvalue weighted by Gasteiger charge is 2.18. The fraction of sp³-hybridized carbons (Fsp3) is 0.133. The molecule has 0 N–H and O–H groups in total. The van der Waals surface area contributed by atoms with Gasteiger partial charge in [-0.25, -0.2) is 8.42 Å². The molecular formula is C15H13NO6S. The van der Waals surface area contributed by atoms with Crippen LogP contribution in [0.4, 0.5) is 5.69 Å². The van der Waals surface area contributed by atoms with Crippen molar-refractivity contribution >= 4 is 21.3 Å². The van der Waals surface area contributed by atoms with Crippen LogP contribution in [0.2, 0.25) is 0 Å². The predicted molar refractivity (Wildman–Crippen MR) is 82.7 cm³/mol. The first-order chi connectivity index (χ1) is 10.7. The number of nitro groups is 1. The zero-order valence-corrected chi connectivity index (χ0v) is 13.2. The zero-order chi connectivity index (χ0) is 17.2. The van der Waals surface area contributed by atoms with E-state index in [9.17, 15) is 23.3 Å². The number of Topliss-reactive ketones (excluding diaryl/α,β-unsaturated/α-hetero) is 1. The van der Waals surface area contributed by atoms with Crippen LogP contribution in [0, 0.1) is 10.1 Å². The molecule has 0 aromatic heterocycles. The Kier molecular flexibility index (Phi) is 4.46. The van der Waals surface area contributed by atoms with Gasteiger partial charge >= 0.3 is 5.69 Å². The minimum absolute atomic E-state index is 0.0351. The number of benzene rings is 2. The van der Waals surface area contributed by atoms with Gasteiger partial charge in [0.2, 0.25) is 5.75 Å². The first-order valence-corrected chi connectivity index (χ1v) is 8.35. The van der Waals surface area contributed by atoms with Crippen molar-refractivity contribution < 1.29 is 22.9 Å². The Balaban J connectivity index is 2.36. The van der Waals surface area contributed by atoms with Gasteiger partial charge in [-0.1, -0.05) is 0 Å². The monoisotopic (exact) mass is 335 g/mol.